The first-order chi connectivity index (χ1) is 25.4. The molecule has 2 aliphatic heterocycles. The Bertz CT molecular complexity index is 1390. The summed E-state index contributed by atoms with van der Waals surface area (Å²) >= 11 is 0. The van der Waals surface area contributed by atoms with Crippen LogP contribution in [0.2, 0.25) is 0 Å². The van der Waals surface area contributed by atoms with Crippen molar-refractivity contribution in [1.29, 1.82) is 0 Å². The third-order valence-electron chi connectivity index (χ3n) is 10.2. The molecule has 2 heterocycles. The molecule has 2 aromatic carbocycles. The Kier molecular flexibility index (Phi) is 17.3. The number of methoxy groups -OCH3 is 4. The summed E-state index contributed by atoms with van der Waals surface area (Å²) in [6.07, 6.45) is 19.6. The number of hydrogen-bond donors (Lipinski definition) is 0. The van der Waals surface area contributed by atoms with Crippen LogP contribution in [0.15, 0.2) is 71.8 Å². The second-order valence-corrected chi connectivity index (χ2v) is 13.9. The lowest BCUT2D eigenvalue weighted by Gasteiger charge is -2.25. The van der Waals surface area contributed by atoms with Crippen LogP contribution >= 0.6 is 0 Å². The molecule has 0 saturated carbocycles. The van der Waals surface area contributed by atoms with Gasteiger partial charge in [0.15, 0.2) is 12.6 Å². The second kappa shape index (κ2) is 21.8. The Morgan fingerprint density at radius 3 is 1.13 bits per heavy atom. The molecule has 0 unspecified atom stereocenters. The van der Waals surface area contributed by atoms with Gasteiger partial charge in [0.25, 0.3) is 11.8 Å². The van der Waals surface area contributed by atoms with Gasteiger partial charge in [-0.15, -0.1) is 0 Å². The minimum atomic E-state index is -0.635. The molecule has 0 aromatic heterocycles. The van der Waals surface area contributed by atoms with Crippen LogP contribution in [0.1, 0.15) is 113 Å². The lowest BCUT2D eigenvalue weighted by Crippen LogP contribution is -2.37. The molecule has 0 bridgehead atoms. The normalized spacial score (nSPS) is 16.2. The van der Waals surface area contributed by atoms with E-state index in [0.29, 0.717) is 22.5 Å². The summed E-state index contributed by atoms with van der Waals surface area (Å²) in [7, 11) is 6.23. The van der Waals surface area contributed by atoms with E-state index in [1.807, 2.05) is 12.2 Å². The fraction of sp³-hybridized carbons (Fsp3) is 0.545. The first kappa shape index (κ1) is 41.2. The van der Waals surface area contributed by atoms with Crippen LogP contribution in [0.4, 0.5) is 0 Å². The summed E-state index contributed by atoms with van der Waals surface area (Å²) in [6, 6.07) is 16.9. The fourth-order valence-corrected chi connectivity index (χ4v) is 6.98. The Morgan fingerprint density at radius 1 is 0.481 bits per heavy atom. The van der Waals surface area contributed by atoms with Gasteiger partial charge in [0.05, 0.1) is 35.6 Å². The van der Waals surface area contributed by atoms with Gasteiger partial charge < -0.3 is 28.7 Å². The predicted octanol–water partition coefficient (Wildman–Crippen LogP) is 9.09. The highest BCUT2D eigenvalue weighted by atomic mass is 16.7. The number of amides is 2. The Morgan fingerprint density at radius 2 is 0.808 bits per heavy atom. The maximum absolute atomic E-state index is 14.3. The maximum Gasteiger partial charge on any atom is 0.259 e. The third-order valence-corrected chi connectivity index (χ3v) is 10.2. The Labute approximate surface area is 312 Å². The highest BCUT2D eigenvalue weighted by molar-refractivity contribution is 6.18. The molecular formula is C44H62N2O6. The van der Waals surface area contributed by atoms with Gasteiger partial charge in [-0.05, 0) is 60.1 Å². The van der Waals surface area contributed by atoms with E-state index in [-0.39, 0.29) is 24.9 Å². The molecule has 0 saturated heterocycles. The zero-order valence-corrected chi connectivity index (χ0v) is 32.6. The van der Waals surface area contributed by atoms with E-state index in [4.69, 9.17) is 18.9 Å². The summed E-state index contributed by atoms with van der Waals surface area (Å²) in [4.78, 5) is 31.9. The number of carbonyl (C=O) groups excluding carboxylic acids is 2. The molecule has 0 radical (unpaired) electrons. The molecule has 0 N–H and O–H groups in total. The van der Waals surface area contributed by atoms with E-state index < -0.39 is 12.6 Å². The number of carbonyl (C=O) groups is 2. The van der Waals surface area contributed by atoms with E-state index >= 15 is 0 Å². The standard InChI is InChI=1S/C44H62N2O6/c1-7-9-11-13-15-17-19-33-21-25-35(26-22-33)39-29-37(43(47)45(39)31-41(49-3)50-4)38-30-40(46(44(38)48)32-42(51-5)52-6)36-27-23-34(24-28-36)20-18-16-14-12-10-8-2/h21-30,41-42H,7-20,31-32H2,1-6H3/b38-37-. The number of hydrogen-bond acceptors (Lipinski definition) is 6. The van der Waals surface area contributed by atoms with E-state index in [1.54, 1.807) is 38.2 Å². The molecule has 8 heteroatoms. The molecule has 52 heavy (non-hydrogen) atoms. The van der Waals surface area contributed by atoms with Crippen molar-refractivity contribution in [3.05, 3.63) is 94.1 Å². The highest BCUT2D eigenvalue weighted by Gasteiger charge is 2.39. The Balaban J connectivity index is 1.64. The molecule has 2 aliphatic rings. The van der Waals surface area contributed by atoms with Gasteiger partial charge in [-0.3, -0.25) is 9.59 Å². The van der Waals surface area contributed by atoms with Gasteiger partial charge in [0.1, 0.15) is 0 Å². The molecule has 2 amide bonds. The average molecular weight is 715 g/mol. The number of benzene rings is 2. The van der Waals surface area contributed by atoms with Crippen LogP contribution in [0.3, 0.4) is 0 Å². The van der Waals surface area contributed by atoms with Gasteiger partial charge in [-0.25, -0.2) is 0 Å². The number of aryl methyl sites for hydroxylation is 2. The molecular weight excluding hydrogens is 652 g/mol. The summed E-state index contributed by atoms with van der Waals surface area (Å²) < 4.78 is 22.1. The molecule has 0 fully saturated rings. The van der Waals surface area contributed by atoms with Gasteiger partial charge >= 0.3 is 0 Å². The molecule has 4 rings (SSSR count). The third kappa shape index (κ3) is 11.2. The van der Waals surface area contributed by atoms with Gasteiger partial charge in [-0.2, -0.15) is 0 Å². The summed E-state index contributed by atoms with van der Waals surface area (Å²) in [6.45, 7) is 4.84. The van der Waals surface area contributed by atoms with Crippen LogP contribution in [0, 0.1) is 0 Å². The minimum Gasteiger partial charge on any atom is -0.354 e. The largest absolute Gasteiger partial charge is 0.354 e. The van der Waals surface area contributed by atoms with Gasteiger partial charge in [0, 0.05) is 28.4 Å². The van der Waals surface area contributed by atoms with Crippen LogP contribution < -0.4 is 0 Å². The summed E-state index contributed by atoms with van der Waals surface area (Å²) in [5, 5.41) is 0. The van der Waals surface area contributed by atoms with Crippen LogP contribution in [-0.2, 0) is 41.4 Å². The first-order valence-corrected chi connectivity index (χ1v) is 19.5. The maximum atomic E-state index is 14.3. The highest BCUT2D eigenvalue weighted by Crippen LogP contribution is 2.38. The molecule has 0 aliphatic carbocycles. The van der Waals surface area contributed by atoms with Crippen molar-refractivity contribution >= 4 is 23.2 Å². The van der Waals surface area contributed by atoms with Crippen molar-refractivity contribution in [2.75, 3.05) is 41.5 Å². The second-order valence-electron chi connectivity index (χ2n) is 13.9. The molecule has 284 valence electrons. The van der Waals surface area contributed by atoms with E-state index in [2.05, 4.69) is 62.4 Å². The summed E-state index contributed by atoms with van der Waals surface area (Å²) in [5.74, 6) is -0.536. The zero-order valence-electron chi connectivity index (χ0n) is 32.6. The number of unbranched alkanes of at least 4 members (excludes halogenated alkanes) is 10. The average Bonchev–Trinajstić information content (AvgIpc) is 3.67. The predicted molar refractivity (Wildman–Crippen MR) is 209 cm³/mol. The number of ether oxygens (including phenoxy) is 4. The van der Waals surface area contributed by atoms with Crippen molar-refractivity contribution in [3.8, 4) is 0 Å². The van der Waals surface area contributed by atoms with Crippen LogP contribution in [0.5, 0.6) is 0 Å². The van der Waals surface area contributed by atoms with Crippen molar-refractivity contribution < 1.29 is 28.5 Å². The Hall–Kier alpha value is -3.56. The van der Waals surface area contributed by atoms with Crippen molar-refractivity contribution in [2.24, 2.45) is 0 Å². The van der Waals surface area contributed by atoms with Crippen molar-refractivity contribution in [3.63, 3.8) is 0 Å². The molecule has 8 nitrogen and oxygen atoms in total. The molecule has 0 spiro atoms. The van der Waals surface area contributed by atoms with Crippen molar-refractivity contribution in [2.45, 2.75) is 116 Å². The van der Waals surface area contributed by atoms with E-state index in [1.165, 1.54) is 75.3 Å². The zero-order chi connectivity index (χ0) is 37.3. The first-order valence-electron chi connectivity index (χ1n) is 19.5. The molecule has 0 atom stereocenters. The van der Waals surface area contributed by atoms with Crippen LogP contribution in [-0.4, -0.2) is 75.7 Å². The SMILES string of the molecule is CCCCCCCCc1ccc(C2=C/C(=C3\C=C(c4ccc(CCCCCCCC)cc4)N(CC(OC)OC)C3=O)C(=O)N2CC(OC)OC)cc1. The lowest BCUT2D eigenvalue weighted by atomic mass is 10.0. The quantitative estimate of drug-likeness (QED) is 0.0614. The van der Waals surface area contributed by atoms with Crippen molar-refractivity contribution in [1.82, 2.24) is 9.80 Å². The van der Waals surface area contributed by atoms with Gasteiger partial charge in [0.2, 0.25) is 0 Å². The van der Waals surface area contributed by atoms with E-state index in [9.17, 15) is 9.59 Å². The monoisotopic (exact) mass is 714 g/mol. The molecule has 2 aromatic rings. The van der Waals surface area contributed by atoms with E-state index in [0.717, 1.165) is 36.8 Å². The smallest absolute Gasteiger partial charge is 0.259 e. The van der Waals surface area contributed by atoms with Gasteiger partial charge in [-0.1, -0.05) is 127 Å². The number of nitrogens with zero attached hydrogens (tertiary/aromatic N) is 2. The van der Waals surface area contributed by atoms with Crippen LogP contribution in [0.25, 0.3) is 11.4 Å². The fourth-order valence-electron chi connectivity index (χ4n) is 6.98. The number of rotatable bonds is 24. The lowest BCUT2D eigenvalue weighted by molar-refractivity contribution is -0.137. The topological polar surface area (TPSA) is 77.5 Å². The summed E-state index contributed by atoms with van der Waals surface area (Å²) in [5.41, 5.74) is 6.45. The minimum absolute atomic E-state index is 0.178.